The van der Waals surface area contributed by atoms with Crippen LogP contribution in [0.25, 0.3) is 11.3 Å². The molecule has 0 unspecified atom stereocenters. The first-order valence-electron chi connectivity index (χ1n) is 12.0. The molecule has 0 aliphatic carbocycles. The number of likely N-dealkylation sites (tertiary alicyclic amines) is 1. The van der Waals surface area contributed by atoms with Crippen molar-refractivity contribution in [2.75, 3.05) is 18.1 Å². The van der Waals surface area contributed by atoms with Gasteiger partial charge in [-0.15, -0.1) is 5.53 Å². The lowest BCUT2D eigenvalue weighted by Crippen LogP contribution is -2.45. The van der Waals surface area contributed by atoms with Crippen molar-refractivity contribution >= 4 is 34.8 Å². The molecule has 1 fully saturated rings. The predicted octanol–water partition coefficient (Wildman–Crippen LogP) is 3.20. The minimum absolute atomic E-state index is 0.164. The number of nitrogens with one attached hydrogen (secondary N) is 2. The number of rotatable bonds is 6. The molecule has 2 aromatic carbocycles. The number of nitrogens with zero attached hydrogens (tertiary/aromatic N) is 4. The van der Waals surface area contributed by atoms with Crippen LogP contribution in [-0.4, -0.2) is 44.7 Å². The first-order chi connectivity index (χ1) is 17.9. The maximum atomic E-state index is 13.6. The van der Waals surface area contributed by atoms with E-state index in [0.29, 0.717) is 59.5 Å². The van der Waals surface area contributed by atoms with Gasteiger partial charge in [0.05, 0.1) is 30.0 Å². The SMILES string of the molecule is O=C([C@H](Cc1ccccc1)n1cnc(-c2cc(Cl)ccc2N2C=C(Cl)NN2)cc1=O)N1CCC(O)CC1. The third-order valence-corrected chi connectivity index (χ3v) is 6.96. The minimum atomic E-state index is -0.767. The van der Waals surface area contributed by atoms with Gasteiger partial charge in [0.15, 0.2) is 0 Å². The fourth-order valence-corrected chi connectivity index (χ4v) is 4.89. The molecule has 1 aromatic heterocycles. The molecular formula is C26H26Cl2N6O3. The van der Waals surface area contributed by atoms with Gasteiger partial charge >= 0.3 is 0 Å². The highest BCUT2D eigenvalue weighted by Crippen LogP contribution is 2.32. The van der Waals surface area contributed by atoms with Crippen LogP contribution < -0.4 is 21.5 Å². The van der Waals surface area contributed by atoms with Gasteiger partial charge < -0.3 is 10.0 Å². The Morgan fingerprint density at radius 1 is 1.11 bits per heavy atom. The third kappa shape index (κ3) is 5.65. The van der Waals surface area contributed by atoms with Gasteiger partial charge in [-0.25, -0.2) is 4.98 Å². The standard InChI is InChI=1S/C26H26Cl2N6O3/c27-18-6-7-22(34-15-24(28)30-31-34)20(13-18)21-14-25(36)33(16-29-21)23(12-17-4-2-1-3-5-17)26(37)32-10-8-19(35)9-11-32/h1-7,13-16,19,23,30-31,35H,8-12H2/t23-/m0/s1. The van der Waals surface area contributed by atoms with E-state index in [1.807, 2.05) is 30.3 Å². The van der Waals surface area contributed by atoms with Crippen LogP contribution in [0, 0.1) is 0 Å². The number of carbonyl (C=O) groups excluding carboxylic acids is 1. The van der Waals surface area contributed by atoms with Gasteiger partial charge in [-0.1, -0.05) is 53.5 Å². The summed E-state index contributed by atoms with van der Waals surface area (Å²) < 4.78 is 1.39. The summed E-state index contributed by atoms with van der Waals surface area (Å²) in [4.78, 5) is 33.4. The average molecular weight is 541 g/mol. The molecule has 1 atom stereocenters. The van der Waals surface area contributed by atoms with Crippen LogP contribution in [0.3, 0.4) is 0 Å². The molecule has 1 saturated heterocycles. The number of hydrogen-bond donors (Lipinski definition) is 3. The van der Waals surface area contributed by atoms with Crippen molar-refractivity contribution in [3.05, 3.63) is 93.2 Å². The Bertz CT molecular complexity index is 1370. The van der Waals surface area contributed by atoms with E-state index < -0.39 is 12.1 Å². The van der Waals surface area contributed by atoms with Crippen LogP contribution in [-0.2, 0) is 11.2 Å². The molecule has 5 rings (SSSR count). The van der Waals surface area contributed by atoms with Gasteiger partial charge in [0.25, 0.3) is 5.56 Å². The quantitative estimate of drug-likeness (QED) is 0.412. The van der Waals surface area contributed by atoms with Gasteiger partial charge in [-0.05, 0) is 36.6 Å². The number of hydrazine groups is 2. The van der Waals surface area contributed by atoms with E-state index in [-0.39, 0.29) is 11.5 Å². The third-order valence-electron chi connectivity index (χ3n) is 6.54. The summed E-state index contributed by atoms with van der Waals surface area (Å²) in [7, 11) is 0. The summed E-state index contributed by atoms with van der Waals surface area (Å²) in [6.07, 6.45) is 4.05. The molecule has 3 aromatic rings. The second-order valence-corrected chi connectivity index (χ2v) is 9.87. The second kappa shape index (κ2) is 10.9. The lowest BCUT2D eigenvalue weighted by molar-refractivity contribution is -0.136. The highest BCUT2D eigenvalue weighted by molar-refractivity contribution is 6.31. The van der Waals surface area contributed by atoms with E-state index in [1.54, 1.807) is 34.3 Å². The molecule has 192 valence electrons. The number of aliphatic hydroxyl groups excluding tert-OH is 1. The lowest BCUT2D eigenvalue weighted by Gasteiger charge is -2.33. The topological polar surface area (TPSA) is 103 Å². The van der Waals surface area contributed by atoms with Crippen LogP contribution in [0.1, 0.15) is 24.4 Å². The molecule has 3 N–H and O–H groups in total. The van der Waals surface area contributed by atoms with Gasteiger partial charge in [0.2, 0.25) is 5.91 Å². The molecule has 11 heteroatoms. The van der Waals surface area contributed by atoms with E-state index in [1.165, 1.54) is 17.0 Å². The van der Waals surface area contributed by atoms with E-state index in [2.05, 4.69) is 15.9 Å². The van der Waals surface area contributed by atoms with Crippen molar-refractivity contribution in [3.8, 4) is 11.3 Å². The Kier molecular flexibility index (Phi) is 7.48. The summed E-state index contributed by atoms with van der Waals surface area (Å²) in [6.45, 7) is 0.898. The zero-order chi connectivity index (χ0) is 25.9. The number of amides is 1. The fraction of sp³-hybridized carbons (Fsp3) is 0.269. The smallest absolute Gasteiger partial charge is 0.254 e. The van der Waals surface area contributed by atoms with Crippen molar-refractivity contribution in [3.63, 3.8) is 0 Å². The van der Waals surface area contributed by atoms with Gasteiger partial charge in [-0.3, -0.25) is 24.6 Å². The summed E-state index contributed by atoms with van der Waals surface area (Å²) in [5.41, 5.74) is 7.98. The number of anilines is 1. The van der Waals surface area contributed by atoms with E-state index in [4.69, 9.17) is 23.2 Å². The zero-order valence-electron chi connectivity index (χ0n) is 19.8. The number of aromatic nitrogens is 2. The highest BCUT2D eigenvalue weighted by Gasteiger charge is 2.30. The Balaban J connectivity index is 1.50. The van der Waals surface area contributed by atoms with Crippen molar-refractivity contribution in [1.82, 2.24) is 25.4 Å². The first-order valence-corrected chi connectivity index (χ1v) is 12.7. The molecule has 2 aliphatic heterocycles. The molecule has 37 heavy (non-hydrogen) atoms. The second-order valence-electron chi connectivity index (χ2n) is 9.03. The minimum Gasteiger partial charge on any atom is -0.393 e. The van der Waals surface area contributed by atoms with Gasteiger partial charge in [0, 0.05) is 36.2 Å². The Labute approximate surface area is 223 Å². The Morgan fingerprint density at radius 2 is 1.86 bits per heavy atom. The molecule has 9 nitrogen and oxygen atoms in total. The van der Waals surface area contributed by atoms with Crippen molar-refractivity contribution in [2.45, 2.75) is 31.4 Å². The van der Waals surface area contributed by atoms with Crippen LogP contribution >= 0.6 is 23.2 Å². The Hall–Kier alpha value is -3.37. The van der Waals surface area contributed by atoms with Crippen molar-refractivity contribution in [2.24, 2.45) is 0 Å². The Morgan fingerprint density at radius 3 is 2.54 bits per heavy atom. The molecule has 0 saturated carbocycles. The predicted molar refractivity (Wildman–Crippen MR) is 143 cm³/mol. The summed E-state index contributed by atoms with van der Waals surface area (Å²) in [5, 5.41) is 12.4. The summed E-state index contributed by atoms with van der Waals surface area (Å²) >= 11 is 12.3. The number of hydrogen-bond acceptors (Lipinski definition) is 7. The maximum absolute atomic E-state index is 13.6. The van der Waals surface area contributed by atoms with Crippen LogP contribution in [0.15, 0.2) is 77.1 Å². The molecule has 0 bridgehead atoms. The molecule has 1 amide bonds. The molecule has 3 heterocycles. The van der Waals surface area contributed by atoms with Crippen LogP contribution in [0.4, 0.5) is 5.69 Å². The number of carbonyl (C=O) groups is 1. The molecular weight excluding hydrogens is 515 g/mol. The average Bonchev–Trinajstić information content (AvgIpc) is 3.34. The zero-order valence-corrected chi connectivity index (χ0v) is 21.4. The molecule has 0 radical (unpaired) electrons. The van der Waals surface area contributed by atoms with E-state index in [0.717, 1.165) is 5.56 Å². The maximum Gasteiger partial charge on any atom is 0.254 e. The largest absolute Gasteiger partial charge is 0.393 e. The van der Waals surface area contributed by atoms with Crippen molar-refractivity contribution < 1.29 is 9.90 Å². The first kappa shape index (κ1) is 25.3. The van der Waals surface area contributed by atoms with Crippen LogP contribution in [0.5, 0.6) is 0 Å². The fourth-order valence-electron chi connectivity index (χ4n) is 4.58. The monoisotopic (exact) mass is 540 g/mol. The van der Waals surface area contributed by atoms with E-state index >= 15 is 0 Å². The molecule has 0 spiro atoms. The molecule has 2 aliphatic rings. The van der Waals surface area contributed by atoms with Crippen molar-refractivity contribution in [1.29, 1.82) is 0 Å². The van der Waals surface area contributed by atoms with Crippen LogP contribution in [0.2, 0.25) is 5.02 Å². The number of piperidine rings is 1. The summed E-state index contributed by atoms with van der Waals surface area (Å²) in [6, 6.07) is 15.5. The summed E-state index contributed by atoms with van der Waals surface area (Å²) in [5.74, 6) is -0.164. The normalized spacial score (nSPS) is 16.9. The number of benzene rings is 2. The van der Waals surface area contributed by atoms with E-state index in [9.17, 15) is 14.7 Å². The number of halogens is 2. The number of aliphatic hydroxyl groups is 1. The van der Waals surface area contributed by atoms with Gasteiger partial charge in [0.1, 0.15) is 11.2 Å². The van der Waals surface area contributed by atoms with Gasteiger partial charge in [-0.2, -0.15) is 0 Å². The highest BCUT2D eigenvalue weighted by atomic mass is 35.5. The lowest BCUT2D eigenvalue weighted by atomic mass is 10.0.